The van der Waals surface area contributed by atoms with Gasteiger partial charge in [0, 0.05) is 43.2 Å². The number of carbonyl (C=O) groups is 2. The molecule has 3 aromatic carbocycles. The number of hydrogen-bond donors (Lipinski definition) is 2. The smallest absolute Gasteiger partial charge is 0.323 e. The third-order valence-electron chi connectivity index (χ3n) is 5.67. The standard InChI is InChI=1S/C26H28N4O3/c1-33-24-13-7-20(8-14-24)19-25(31)30-17-15-29(16-18-30)23-11-9-22(10-12-23)28-26(32)27-21-5-3-2-4-6-21/h2-14H,15-19H2,1H3,(H2,27,28,32). The molecule has 33 heavy (non-hydrogen) atoms. The van der Waals surface area contributed by atoms with Gasteiger partial charge in [-0.2, -0.15) is 0 Å². The van der Waals surface area contributed by atoms with Crippen molar-refractivity contribution in [2.24, 2.45) is 0 Å². The highest BCUT2D eigenvalue weighted by atomic mass is 16.5. The summed E-state index contributed by atoms with van der Waals surface area (Å²) in [4.78, 5) is 29.0. The molecule has 7 heteroatoms. The van der Waals surface area contributed by atoms with Crippen LogP contribution < -0.4 is 20.3 Å². The fourth-order valence-corrected chi connectivity index (χ4v) is 3.81. The van der Waals surface area contributed by atoms with Crippen LogP contribution in [0.5, 0.6) is 5.75 Å². The van der Waals surface area contributed by atoms with Crippen molar-refractivity contribution in [2.45, 2.75) is 6.42 Å². The maximum absolute atomic E-state index is 12.7. The van der Waals surface area contributed by atoms with Crippen molar-refractivity contribution in [1.82, 2.24) is 4.90 Å². The molecule has 4 rings (SSSR count). The number of rotatable bonds is 6. The summed E-state index contributed by atoms with van der Waals surface area (Å²) in [6.45, 7) is 2.92. The minimum Gasteiger partial charge on any atom is -0.497 e. The highest BCUT2D eigenvalue weighted by Gasteiger charge is 2.21. The molecule has 0 bridgehead atoms. The number of ether oxygens (including phenoxy) is 1. The molecule has 2 N–H and O–H groups in total. The van der Waals surface area contributed by atoms with Crippen molar-refractivity contribution in [2.75, 3.05) is 48.8 Å². The van der Waals surface area contributed by atoms with Crippen molar-refractivity contribution in [1.29, 1.82) is 0 Å². The summed E-state index contributed by atoms with van der Waals surface area (Å²) in [7, 11) is 1.63. The van der Waals surface area contributed by atoms with E-state index >= 15 is 0 Å². The number of carbonyl (C=O) groups excluding carboxylic acids is 2. The molecule has 0 spiro atoms. The van der Waals surface area contributed by atoms with E-state index in [0.29, 0.717) is 19.5 Å². The second-order valence-electron chi connectivity index (χ2n) is 7.88. The zero-order chi connectivity index (χ0) is 23.0. The predicted octanol–water partition coefficient (Wildman–Crippen LogP) is 4.23. The van der Waals surface area contributed by atoms with E-state index < -0.39 is 0 Å². The van der Waals surface area contributed by atoms with E-state index in [9.17, 15) is 9.59 Å². The van der Waals surface area contributed by atoms with E-state index in [1.165, 1.54) is 0 Å². The van der Waals surface area contributed by atoms with Crippen molar-refractivity contribution < 1.29 is 14.3 Å². The molecular weight excluding hydrogens is 416 g/mol. The molecule has 0 aromatic heterocycles. The fourth-order valence-electron chi connectivity index (χ4n) is 3.81. The van der Waals surface area contributed by atoms with E-state index in [4.69, 9.17) is 4.74 Å². The monoisotopic (exact) mass is 444 g/mol. The molecule has 0 aliphatic carbocycles. The van der Waals surface area contributed by atoms with Crippen LogP contribution in [0.25, 0.3) is 0 Å². The number of urea groups is 1. The Hall–Kier alpha value is -4.00. The molecule has 1 fully saturated rings. The zero-order valence-corrected chi connectivity index (χ0v) is 18.7. The number of amides is 3. The van der Waals surface area contributed by atoms with Crippen molar-refractivity contribution in [3.05, 3.63) is 84.4 Å². The van der Waals surface area contributed by atoms with Crippen LogP contribution in [0.3, 0.4) is 0 Å². The molecular formula is C26H28N4O3. The third kappa shape index (κ3) is 6.04. The first kappa shape index (κ1) is 22.2. The number of methoxy groups -OCH3 is 1. The van der Waals surface area contributed by atoms with Gasteiger partial charge in [-0.25, -0.2) is 4.79 Å². The molecule has 0 atom stereocenters. The van der Waals surface area contributed by atoms with Crippen LogP contribution >= 0.6 is 0 Å². The van der Waals surface area contributed by atoms with Crippen LogP contribution in [-0.2, 0) is 11.2 Å². The number of benzene rings is 3. The molecule has 3 amide bonds. The lowest BCUT2D eigenvalue weighted by molar-refractivity contribution is -0.130. The van der Waals surface area contributed by atoms with Gasteiger partial charge in [-0.3, -0.25) is 4.79 Å². The van der Waals surface area contributed by atoms with E-state index in [1.807, 2.05) is 83.8 Å². The maximum Gasteiger partial charge on any atom is 0.323 e. The second-order valence-corrected chi connectivity index (χ2v) is 7.88. The summed E-state index contributed by atoms with van der Waals surface area (Å²) < 4.78 is 5.17. The molecule has 170 valence electrons. The van der Waals surface area contributed by atoms with Crippen LogP contribution in [-0.4, -0.2) is 50.1 Å². The van der Waals surface area contributed by atoms with Gasteiger partial charge in [-0.15, -0.1) is 0 Å². The molecule has 7 nitrogen and oxygen atoms in total. The lowest BCUT2D eigenvalue weighted by atomic mass is 10.1. The van der Waals surface area contributed by atoms with Crippen LogP contribution in [0, 0.1) is 0 Å². The summed E-state index contributed by atoms with van der Waals surface area (Å²) in [5, 5.41) is 5.65. The van der Waals surface area contributed by atoms with Gasteiger partial charge in [0.25, 0.3) is 0 Å². The SMILES string of the molecule is COc1ccc(CC(=O)N2CCN(c3ccc(NC(=O)Nc4ccccc4)cc3)CC2)cc1. The average molecular weight is 445 g/mol. The Balaban J connectivity index is 1.25. The summed E-state index contributed by atoms with van der Waals surface area (Å²) >= 11 is 0. The Morgan fingerprint density at radius 1 is 0.788 bits per heavy atom. The van der Waals surface area contributed by atoms with Crippen LogP contribution in [0.2, 0.25) is 0 Å². The topological polar surface area (TPSA) is 73.9 Å². The Bertz CT molecular complexity index is 1060. The largest absolute Gasteiger partial charge is 0.497 e. The van der Waals surface area contributed by atoms with Gasteiger partial charge in [0.05, 0.1) is 13.5 Å². The van der Waals surface area contributed by atoms with Gasteiger partial charge in [0.1, 0.15) is 5.75 Å². The Morgan fingerprint density at radius 2 is 1.39 bits per heavy atom. The first-order valence-electron chi connectivity index (χ1n) is 11.0. The van der Waals surface area contributed by atoms with E-state index in [0.717, 1.165) is 41.5 Å². The molecule has 1 heterocycles. The van der Waals surface area contributed by atoms with Gasteiger partial charge < -0.3 is 25.2 Å². The molecule has 0 saturated carbocycles. The average Bonchev–Trinajstić information content (AvgIpc) is 2.85. The highest BCUT2D eigenvalue weighted by molar-refractivity contribution is 5.99. The first-order chi connectivity index (χ1) is 16.1. The van der Waals surface area contributed by atoms with E-state index in [-0.39, 0.29) is 11.9 Å². The van der Waals surface area contributed by atoms with Crippen molar-refractivity contribution >= 4 is 29.0 Å². The minimum absolute atomic E-state index is 0.142. The van der Waals surface area contributed by atoms with Crippen molar-refractivity contribution in [3.63, 3.8) is 0 Å². The van der Waals surface area contributed by atoms with Gasteiger partial charge in [-0.1, -0.05) is 30.3 Å². The van der Waals surface area contributed by atoms with Gasteiger partial charge in [-0.05, 0) is 54.1 Å². The van der Waals surface area contributed by atoms with E-state index in [2.05, 4.69) is 15.5 Å². The lowest BCUT2D eigenvalue weighted by Gasteiger charge is -2.36. The molecule has 1 aliphatic rings. The van der Waals surface area contributed by atoms with Crippen LogP contribution in [0.4, 0.5) is 21.9 Å². The Kier molecular flexibility index (Phi) is 7.09. The third-order valence-corrected chi connectivity index (χ3v) is 5.67. The minimum atomic E-state index is -0.280. The lowest BCUT2D eigenvalue weighted by Crippen LogP contribution is -2.49. The van der Waals surface area contributed by atoms with Gasteiger partial charge in [0.2, 0.25) is 5.91 Å². The van der Waals surface area contributed by atoms with Crippen molar-refractivity contribution in [3.8, 4) is 5.75 Å². The van der Waals surface area contributed by atoms with Crippen LogP contribution in [0.1, 0.15) is 5.56 Å². The maximum atomic E-state index is 12.7. The number of anilines is 3. The highest BCUT2D eigenvalue weighted by Crippen LogP contribution is 2.20. The van der Waals surface area contributed by atoms with Crippen LogP contribution in [0.15, 0.2) is 78.9 Å². The number of nitrogens with zero attached hydrogens (tertiary/aromatic N) is 2. The molecule has 3 aromatic rings. The van der Waals surface area contributed by atoms with Gasteiger partial charge >= 0.3 is 6.03 Å². The molecule has 0 unspecified atom stereocenters. The quantitative estimate of drug-likeness (QED) is 0.597. The predicted molar refractivity (Wildman–Crippen MR) is 131 cm³/mol. The summed E-state index contributed by atoms with van der Waals surface area (Å²) in [6.07, 6.45) is 0.398. The van der Waals surface area contributed by atoms with E-state index in [1.54, 1.807) is 7.11 Å². The fraction of sp³-hybridized carbons (Fsp3) is 0.231. The number of piperazine rings is 1. The Morgan fingerprint density at radius 3 is 2.00 bits per heavy atom. The number of nitrogens with one attached hydrogen (secondary N) is 2. The number of hydrogen-bond acceptors (Lipinski definition) is 4. The second kappa shape index (κ2) is 10.5. The molecule has 1 aliphatic heterocycles. The zero-order valence-electron chi connectivity index (χ0n) is 18.7. The molecule has 0 radical (unpaired) electrons. The first-order valence-corrected chi connectivity index (χ1v) is 11.0. The summed E-state index contributed by atoms with van der Waals surface area (Å²) in [5.74, 6) is 0.932. The van der Waals surface area contributed by atoms with Gasteiger partial charge in [0.15, 0.2) is 0 Å². The summed E-state index contributed by atoms with van der Waals surface area (Å²) in [6, 6.07) is 24.4. The number of para-hydroxylation sites is 1. The summed E-state index contributed by atoms with van der Waals surface area (Å²) in [5.41, 5.74) is 3.53. The molecule has 1 saturated heterocycles. The Labute approximate surface area is 194 Å². The normalized spacial score (nSPS) is 13.4.